The number of esters is 1. The lowest BCUT2D eigenvalue weighted by atomic mass is 9.70. The van der Waals surface area contributed by atoms with E-state index < -0.39 is 0 Å². The summed E-state index contributed by atoms with van der Waals surface area (Å²) in [5.74, 6) is -0.00890. The summed E-state index contributed by atoms with van der Waals surface area (Å²) in [7, 11) is 3.31. The first-order chi connectivity index (χ1) is 19.5. The zero-order valence-corrected chi connectivity index (χ0v) is 25.9. The Morgan fingerprint density at radius 1 is 1.20 bits per heavy atom. The third kappa shape index (κ3) is 8.23. The summed E-state index contributed by atoms with van der Waals surface area (Å²) in [5, 5.41) is 0. The van der Waals surface area contributed by atoms with Crippen molar-refractivity contribution in [3.05, 3.63) is 71.0 Å². The van der Waals surface area contributed by atoms with Gasteiger partial charge in [0, 0.05) is 31.2 Å². The summed E-state index contributed by atoms with van der Waals surface area (Å²) in [6, 6.07) is 5.62. The third-order valence-electron chi connectivity index (χ3n) is 9.01. The highest BCUT2D eigenvalue weighted by Gasteiger charge is 2.36. The minimum atomic E-state index is -0.271. The Labute approximate surface area is 246 Å². The number of ether oxygens (including phenoxy) is 1. The average Bonchev–Trinajstić information content (AvgIpc) is 3.13. The van der Waals surface area contributed by atoms with Crippen molar-refractivity contribution in [2.75, 3.05) is 20.7 Å². The summed E-state index contributed by atoms with van der Waals surface area (Å²) in [4.78, 5) is 28.9. The number of carbonyl (C=O) groups excluding carboxylic acids is 2. The van der Waals surface area contributed by atoms with Gasteiger partial charge < -0.3 is 20.3 Å². The van der Waals surface area contributed by atoms with Gasteiger partial charge in [-0.2, -0.15) is 0 Å². The number of likely N-dealkylation sites (tertiary alicyclic amines) is 1. The van der Waals surface area contributed by atoms with Crippen LogP contribution in [0, 0.1) is 23.6 Å². The topological polar surface area (TPSA) is 75.9 Å². The van der Waals surface area contributed by atoms with Crippen LogP contribution in [0.2, 0.25) is 0 Å². The lowest BCUT2D eigenvalue weighted by Gasteiger charge is -2.34. The van der Waals surface area contributed by atoms with Crippen LogP contribution >= 0.6 is 0 Å². The number of benzene rings is 1. The molecule has 0 radical (unpaired) electrons. The average molecular weight is 568 g/mol. The van der Waals surface area contributed by atoms with E-state index in [0.29, 0.717) is 17.8 Å². The van der Waals surface area contributed by atoms with Gasteiger partial charge >= 0.3 is 5.97 Å². The van der Waals surface area contributed by atoms with Crippen molar-refractivity contribution in [3.8, 4) is 0 Å². The highest BCUT2D eigenvalue weighted by molar-refractivity contribution is 5.80. The molecule has 1 unspecified atom stereocenters. The molecule has 3 atom stereocenters. The van der Waals surface area contributed by atoms with E-state index in [0.717, 1.165) is 55.5 Å². The van der Waals surface area contributed by atoms with Gasteiger partial charge in [-0.25, -0.2) is 4.39 Å². The molecule has 0 bridgehead atoms. The second-order valence-corrected chi connectivity index (χ2v) is 12.0. The molecule has 226 valence electrons. The smallest absolute Gasteiger partial charge is 0.308 e. The number of halogens is 1. The standard InChI is InChI=1S/C34H50FN3O3/c1-8-29(17-24(4)33(39)38-15-11-9-10-12-25(38)5)37(6)32(36)18-23(3)30-14-13-26(19-31(30)35)16-22(2)27-20-28(21-27)34(40)41-7/h13-14,17-19,23-25,27-28H,2,8-12,15-16,20-21,36H2,1,3-7H3/b29-17-,32-18-/t23?,24-,25-,27?,28?/m1/s1. The Balaban J connectivity index is 1.63. The fourth-order valence-electron chi connectivity index (χ4n) is 6.08. The summed E-state index contributed by atoms with van der Waals surface area (Å²) in [5.41, 5.74) is 9.93. The Kier molecular flexibility index (Phi) is 11.6. The maximum atomic E-state index is 15.2. The Hall–Kier alpha value is -3.09. The fraction of sp³-hybridized carbons (Fsp3) is 0.588. The normalized spacial score (nSPS) is 23.2. The predicted octanol–water partition coefficient (Wildman–Crippen LogP) is 6.68. The van der Waals surface area contributed by atoms with Gasteiger partial charge in [0.05, 0.1) is 24.8 Å². The van der Waals surface area contributed by atoms with Gasteiger partial charge in [0.15, 0.2) is 0 Å². The third-order valence-corrected chi connectivity index (χ3v) is 9.01. The summed E-state index contributed by atoms with van der Waals surface area (Å²) < 4.78 is 20.0. The molecule has 1 aliphatic carbocycles. The molecule has 41 heavy (non-hydrogen) atoms. The molecule has 1 amide bonds. The molecule has 0 spiro atoms. The van der Waals surface area contributed by atoms with Crippen molar-refractivity contribution in [1.29, 1.82) is 0 Å². The first-order valence-corrected chi connectivity index (χ1v) is 15.2. The molecular weight excluding hydrogens is 517 g/mol. The Morgan fingerprint density at radius 3 is 2.54 bits per heavy atom. The van der Waals surface area contributed by atoms with E-state index in [1.54, 1.807) is 6.07 Å². The largest absolute Gasteiger partial charge is 0.469 e. The van der Waals surface area contributed by atoms with Crippen molar-refractivity contribution >= 4 is 11.9 Å². The number of hydrogen-bond acceptors (Lipinski definition) is 5. The van der Waals surface area contributed by atoms with Crippen LogP contribution in [0.15, 0.2) is 54.0 Å². The first-order valence-electron chi connectivity index (χ1n) is 15.2. The zero-order chi connectivity index (χ0) is 30.3. The van der Waals surface area contributed by atoms with Gasteiger partial charge in [-0.15, -0.1) is 0 Å². The Morgan fingerprint density at radius 2 is 1.90 bits per heavy atom. The highest BCUT2D eigenvalue weighted by Crippen LogP contribution is 2.40. The van der Waals surface area contributed by atoms with Crippen LogP contribution in [0.5, 0.6) is 0 Å². The zero-order valence-electron chi connectivity index (χ0n) is 25.9. The second-order valence-electron chi connectivity index (χ2n) is 12.0. The number of carbonyl (C=O) groups is 2. The lowest BCUT2D eigenvalue weighted by Crippen LogP contribution is -2.41. The van der Waals surface area contributed by atoms with Gasteiger partial charge in [0.1, 0.15) is 5.82 Å². The molecule has 2 N–H and O–H groups in total. The molecule has 2 fully saturated rings. The first kappa shape index (κ1) is 32.4. The van der Waals surface area contributed by atoms with E-state index in [1.807, 2.05) is 55.0 Å². The summed E-state index contributed by atoms with van der Waals surface area (Å²) in [6.45, 7) is 13.1. The van der Waals surface area contributed by atoms with E-state index in [9.17, 15) is 9.59 Å². The van der Waals surface area contributed by atoms with Gasteiger partial charge in [-0.3, -0.25) is 9.59 Å². The quantitative estimate of drug-likeness (QED) is 0.238. The maximum absolute atomic E-state index is 15.2. The van der Waals surface area contributed by atoms with Crippen molar-refractivity contribution in [1.82, 2.24) is 9.80 Å². The SMILES string of the molecule is C=C(Cc1ccc(C(C)/C=C(/N)N(C)/C(=C\[C@@H](C)C(=O)N2CCCCC[C@H]2C)CC)c(F)c1)C1CC(C(=O)OC)C1. The van der Waals surface area contributed by atoms with Gasteiger partial charge in [-0.1, -0.05) is 64.0 Å². The molecule has 1 saturated carbocycles. The predicted molar refractivity (Wildman–Crippen MR) is 163 cm³/mol. The van der Waals surface area contributed by atoms with Crippen LogP contribution in [0.4, 0.5) is 4.39 Å². The molecule has 1 heterocycles. The molecule has 1 saturated heterocycles. The minimum absolute atomic E-state index is 0.0492. The van der Waals surface area contributed by atoms with E-state index in [-0.39, 0.29) is 47.4 Å². The van der Waals surface area contributed by atoms with Gasteiger partial charge in [0.25, 0.3) is 0 Å². The van der Waals surface area contributed by atoms with Crippen molar-refractivity contribution < 1.29 is 18.7 Å². The van der Waals surface area contributed by atoms with Crippen molar-refractivity contribution in [3.63, 3.8) is 0 Å². The molecule has 2 aliphatic rings. The van der Waals surface area contributed by atoms with Gasteiger partial charge in [0.2, 0.25) is 5.91 Å². The Bertz CT molecular complexity index is 1150. The van der Waals surface area contributed by atoms with E-state index >= 15 is 4.39 Å². The number of methoxy groups -OCH3 is 1. The van der Waals surface area contributed by atoms with Crippen LogP contribution < -0.4 is 5.73 Å². The maximum Gasteiger partial charge on any atom is 0.308 e. The van der Waals surface area contributed by atoms with Crippen LogP contribution in [0.1, 0.15) is 89.7 Å². The molecule has 7 heteroatoms. The van der Waals surface area contributed by atoms with Crippen LogP contribution in [-0.2, 0) is 20.7 Å². The molecule has 6 nitrogen and oxygen atoms in total. The molecule has 3 rings (SSSR count). The second kappa shape index (κ2) is 14.7. The van der Waals surface area contributed by atoms with Crippen molar-refractivity contribution in [2.24, 2.45) is 23.5 Å². The summed E-state index contributed by atoms with van der Waals surface area (Å²) in [6.07, 6.45) is 11.2. The number of nitrogens with zero attached hydrogens (tertiary/aromatic N) is 2. The molecule has 0 aromatic heterocycles. The number of amides is 1. The summed E-state index contributed by atoms with van der Waals surface area (Å²) >= 11 is 0. The number of rotatable bonds is 11. The van der Waals surface area contributed by atoms with Crippen LogP contribution in [0.3, 0.4) is 0 Å². The molecule has 1 aromatic rings. The number of nitrogens with two attached hydrogens (primary N) is 1. The molecule has 1 aromatic carbocycles. The fourth-order valence-corrected chi connectivity index (χ4v) is 6.08. The van der Waals surface area contributed by atoms with Crippen LogP contribution in [0.25, 0.3) is 0 Å². The van der Waals surface area contributed by atoms with E-state index in [4.69, 9.17) is 10.5 Å². The number of allylic oxidation sites excluding steroid dienone is 3. The van der Waals surface area contributed by atoms with Crippen LogP contribution in [-0.4, -0.2) is 48.4 Å². The van der Waals surface area contributed by atoms with E-state index in [2.05, 4.69) is 20.4 Å². The van der Waals surface area contributed by atoms with Gasteiger partial charge in [-0.05, 0) is 74.6 Å². The highest BCUT2D eigenvalue weighted by atomic mass is 19.1. The molecular formula is C34H50FN3O3. The van der Waals surface area contributed by atoms with Crippen molar-refractivity contribution in [2.45, 2.75) is 91.0 Å². The monoisotopic (exact) mass is 567 g/mol. The molecule has 1 aliphatic heterocycles. The minimum Gasteiger partial charge on any atom is -0.469 e. The number of hydrogen-bond donors (Lipinski definition) is 1. The lowest BCUT2D eigenvalue weighted by molar-refractivity contribution is -0.149. The van der Waals surface area contributed by atoms with E-state index in [1.165, 1.54) is 20.0 Å².